The van der Waals surface area contributed by atoms with E-state index in [2.05, 4.69) is 12.1 Å². The van der Waals surface area contributed by atoms with Gasteiger partial charge >= 0.3 is 7.12 Å². The Morgan fingerprint density at radius 3 is 2.50 bits per heavy atom. The summed E-state index contributed by atoms with van der Waals surface area (Å²) in [7, 11) is -0.358. The molecule has 0 radical (unpaired) electrons. The Morgan fingerprint density at radius 2 is 1.90 bits per heavy atom. The first kappa shape index (κ1) is 14.2. The molecule has 0 amide bonds. The van der Waals surface area contributed by atoms with Crippen molar-refractivity contribution >= 4 is 30.6 Å². The molecule has 2 aliphatic heterocycles. The van der Waals surface area contributed by atoms with Gasteiger partial charge in [0.25, 0.3) is 0 Å². The summed E-state index contributed by atoms with van der Waals surface area (Å²) in [4.78, 5) is 12.3. The van der Waals surface area contributed by atoms with Crippen LogP contribution in [0.4, 0.5) is 0 Å². The molecule has 5 heteroatoms. The molecular weight excluding hydrogens is 271 g/mol. The Morgan fingerprint density at radius 1 is 1.25 bits per heavy atom. The molecule has 20 heavy (non-hydrogen) atoms. The van der Waals surface area contributed by atoms with Crippen molar-refractivity contribution in [2.45, 2.75) is 49.7 Å². The minimum Gasteiger partial charge on any atom is -0.399 e. The highest BCUT2D eigenvalue weighted by Crippen LogP contribution is 2.39. The number of fused-ring (bicyclic) bond motifs is 1. The lowest BCUT2D eigenvalue weighted by Crippen LogP contribution is -2.41. The molecule has 0 N–H and O–H groups in total. The molecule has 1 saturated heterocycles. The molecule has 0 spiro atoms. The van der Waals surface area contributed by atoms with Crippen LogP contribution in [-0.4, -0.2) is 30.4 Å². The summed E-state index contributed by atoms with van der Waals surface area (Å²) in [6.07, 6.45) is 1.03. The SMILES string of the molecule is CC1(C)OB(c2ccc3c(c2)C(C=O)CS3)OC1(C)C. The molecule has 1 unspecified atom stereocenters. The van der Waals surface area contributed by atoms with Gasteiger partial charge < -0.3 is 14.1 Å². The summed E-state index contributed by atoms with van der Waals surface area (Å²) in [5.74, 6) is 0.837. The zero-order chi connectivity index (χ0) is 14.5. The third-order valence-corrected chi connectivity index (χ3v) is 5.75. The molecule has 0 aliphatic carbocycles. The molecule has 0 bridgehead atoms. The maximum Gasteiger partial charge on any atom is 0.494 e. The van der Waals surface area contributed by atoms with Crippen LogP contribution in [0.3, 0.4) is 0 Å². The second-order valence-electron chi connectivity index (χ2n) is 6.44. The normalized spacial score (nSPS) is 26.6. The van der Waals surface area contributed by atoms with Crippen molar-refractivity contribution in [1.29, 1.82) is 0 Å². The van der Waals surface area contributed by atoms with Gasteiger partial charge in [0, 0.05) is 10.6 Å². The first-order valence-electron chi connectivity index (χ1n) is 6.92. The Labute approximate surface area is 124 Å². The number of carbonyl (C=O) groups excluding carboxylic acids is 1. The fourth-order valence-electron chi connectivity index (χ4n) is 2.50. The van der Waals surface area contributed by atoms with E-state index in [-0.39, 0.29) is 24.2 Å². The van der Waals surface area contributed by atoms with Crippen LogP contribution in [0.1, 0.15) is 39.2 Å². The molecule has 3 rings (SSSR count). The number of rotatable bonds is 2. The lowest BCUT2D eigenvalue weighted by atomic mass is 9.77. The summed E-state index contributed by atoms with van der Waals surface area (Å²) >= 11 is 1.74. The largest absolute Gasteiger partial charge is 0.494 e. The Bertz CT molecular complexity index is 540. The zero-order valence-electron chi connectivity index (χ0n) is 12.3. The third-order valence-electron chi connectivity index (χ3n) is 4.54. The summed E-state index contributed by atoms with van der Waals surface area (Å²) in [6.45, 7) is 8.18. The Hall–Kier alpha value is -0.775. The van der Waals surface area contributed by atoms with Gasteiger partial charge in [-0.3, -0.25) is 0 Å². The summed E-state index contributed by atoms with van der Waals surface area (Å²) in [6, 6.07) is 6.18. The van der Waals surface area contributed by atoms with Gasteiger partial charge in [0.2, 0.25) is 0 Å². The van der Waals surface area contributed by atoms with Crippen LogP contribution < -0.4 is 5.46 Å². The van der Waals surface area contributed by atoms with Gasteiger partial charge in [-0.25, -0.2) is 0 Å². The maximum atomic E-state index is 11.1. The van der Waals surface area contributed by atoms with Crippen LogP contribution in [0.2, 0.25) is 0 Å². The van der Waals surface area contributed by atoms with Gasteiger partial charge in [-0.05, 0) is 44.8 Å². The maximum absolute atomic E-state index is 11.1. The van der Waals surface area contributed by atoms with Crippen molar-refractivity contribution in [3.63, 3.8) is 0 Å². The van der Waals surface area contributed by atoms with Crippen LogP contribution >= 0.6 is 11.8 Å². The van der Waals surface area contributed by atoms with Crippen molar-refractivity contribution in [2.24, 2.45) is 0 Å². The fraction of sp³-hybridized carbons (Fsp3) is 0.533. The average Bonchev–Trinajstić information content (AvgIpc) is 2.87. The third kappa shape index (κ3) is 2.12. The van der Waals surface area contributed by atoms with Crippen molar-refractivity contribution in [3.05, 3.63) is 23.8 Å². The van der Waals surface area contributed by atoms with E-state index in [0.717, 1.165) is 23.1 Å². The molecule has 1 aromatic carbocycles. The minimum absolute atomic E-state index is 0.00243. The summed E-state index contributed by atoms with van der Waals surface area (Å²) < 4.78 is 12.1. The van der Waals surface area contributed by atoms with Gasteiger partial charge in [0.1, 0.15) is 6.29 Å². The van der Waals surface area contributed by atoms with E-state index < -0.39 is 0 Å². The predicted octanol–water partition coefficient (Wildman–Crippen LogP) is 2.37. The smallest absolute Gasteiger partial charge is 0.399 e. The van der Waals surface area contributed by atoms with Crippen LogP contribution in [-0.2, 0) is 14.1 Å². The monoisotopic (exact) mass is 290 g/mol. The first-order chi connectivity index (χ1) is 9.34. The topological polar surface area (TPSA) is 35.5 Å². The number of carbonyl (C=O) groups is 1. The van der Waals surface area contributed by atoms with Crippen LogP contribution in [0.25, 0.3) is 0 Å². The first-order valence-corrected chi connectivity index (χ1v) is 7.90. The molecular formula is C15H19BO3S. The fourth-order valence-corrected chi connectivity index (χ4v) is 3.65. The standard InChI is InChI=1S/C15H19BO3S/c1-14(2)15(3,4)19-16(18-14)11-5-6-13-12(7-11)10(8-17)9-20-13/h5-8,10H,9H2,1-4H3. The van der Waals surface area contributed by atoms with Gasteiger partial charge in [-0.2, -0.15) is 0 Å². The molecule has 0 aromatic heterocycles. The van der Waals surface area contributed by atoms with Gasteiger partial charge in [0.15, 0.2) is 0 Å². The van der Waals surface area contributed by atoms with E-state index in [4.69, 9.17) is 9.31 Å². The van der Waals surface area contributed by atoms with Crippen molar-refractivity contribution in [2.75, 3.05) is 5.75 Å². The molecule has 2 heterocycles. The van der Waals surface area contributed by atoms with E-state index in [1.54, 1.807) is 11.8 Å². The van der Waals surface area contributed by atoms with E-state index in [0.29, 0.717) is 0 Å². The number of hydrogen-bond acceptors (Lipinski definition) is 4. The molecule has 2 aliphatic rings. The quantitative estimate of drug-likeness (QED) is 0.619. The lowest BCUT2D eigenvalue weighted by Gasteiger charge is -2.32. The van der Waals surface area contributed by atoms with E-state index in [1.165, 1.54) is 4.90 Å². The van der Waals surface area contributed by atoms with Crippen molar-refractivity contribution < 1.29 is 14.1 Å². The molecule has 1 atom stereocenters. The average molecular weight is 290 g/mol. The van der Waals surface area contributed by atoms with Gasteiger partial charge in [0.05, 0.1) is 17.1 Å². The Kier molecular flexibility index (Phi) is 3.27. The zero-order valence-corrected chi connectivity index (χ0v) is 13.1. The van der Waals surface area contributed by atoms with Crippen LogP contribution in [0.5, 0.6) is 0 Å². The van der Waals surface area contributed by atoms with Gasteiger partial charge in [-0.15, -0.1) is 11.8 Å². The molecule has 0 saturated carbocycles. The number of benzene rings is 1. The highest BCUT2D eigenvalue weighted by molar-refractivity contribution is 7.99. The summed E-state index contributed by atoms with van der Waals surface area (Å²) in [5.41, 5.74) is 1.43. The van der Waals surface area contributed by atoms with Crippen LogP contribution in [0, 0.1) is 0 Å². The number of hydrogen-bond donors (Lipinski definition) is 0. The molecule has 1 fully saturated rings. The summed E-state index contributed by atoms with van der Waals surface area (Å²) in [5, 5.41) is 0. The minimum atomic E-state index is -0.358. The lowest BCUT2D eigenvalue weighted by molar-refractivity contribution is -0.108. The van der Waals surface area contributed by atoms with E-state index in [9.17, 15) is 4.79 Å². The molecule has 3 nitrogen and oxygen atoms in total. The highest BCUT2D eigenvalue weighted by atomic mass is 32.2. The highest BCUT2D eigenvalue weighted by Gasteiger charge is 2.51. The van der Waals surface area contributed by atoms with Crippen molar-refractivity contribution in [1.82, 2.24) is 0 Å². The van der Waals surface area contributed by atoms with Crippen LogP contribution in [0.15, 0.2) is 23.1 Å². The number of aldehydes is 1. The van der Waals surface area contributed by atoms with Gasteiger partial charge in [-0.1, -0.05) is 12.1 Å². The van der Waals surface area contributed by atoms with Crippen molar-refractivity contribution in [3.8, 4) is 0 Å². The number of thioether (sulfide) groups is 1. The Balaban J connectivity index is 1.92. The molecule has 106 valence electrons. The second-order valence-corrected chi connectivity index (χ2v) is 7.50. The molecule has 1 aromatic rings. The van der Waals surface area contributed by atoms with E-state index in [1.807, 2.05) is 33.8 Å². The predicted molar refractivity (Wildman–Crippen MR) is 81.7 cm³/mol. The van der Waals surface area contributed by atoms with E-state index >= 15 is 0 Å². The second kappa shape index (κ2) is 4.62.